The van der Waals surface area contributed by atoms with Gasteiger partial charge in [0.1, 0.15) is 0 Å². The van der Waals surface area contributed by atoms with Gasteiger partial charge in [0, 0.05) is 23.8 Å². The molecule has 116 valence electrons. The van der Waals surface area contributed by atoms with Crippen molar-refractivity contribution in [3.8, 4) is 0 Å². The van der Waals surface area contributed by atoms with Crippen molar-refractivity contribution < 1.29 is 9.53 Å². The predicted octanol–water partition coefficient (Wildman–Crippen LogP) is 2.67. The summed E-state index contributed by atoms with van der Waals surface area (Å²) in [5.74, 6) is 0.311. The van der Waals surface area contributed by atoms with Gasteiger partial charge < -0.3 is 15.4 Å². The van der Waals surface area contributed by atoms with Gasteiger partial charge in [0.2, 0.25) is 0 Å². The van der Waals surface area contributed by atoms with Gasteiger partial charge >= 0.3 is 0 Å². The average molecular weight is 365 g/mol. The zero-order valence-electron chi connectivity index (χ0n) is 12.4. The van der Waals surface area contributed by atoms with E-state index in [0.29, 0.717) is 19.0 Å². The summed E-state index contributed by atoms with van der Waals surface area (Å²) in [6.45, 7) is 2.91. The lowest BCUT2D eigenvalue weighted by Gasteiger charge is -2.07. The van der Waals surface area contributed by atoms with Crippen molar-refractivity contribution in [2.24, 2.45) is 0 Å². The maximum absolute atomic E-state index is 11.8. The minimum absolute atomic E-state index is 0.268. The molecular weight excluding hydrogens is 348 g/mol. The highest BCUT2D eigenvalue weighted by Crippen LogP contribution is 2.22. The van der Waals surface area contributed by atoms with Crippen LogP contribution in [0.1, 0.15) is 16.1 Å². The van der Waals surface area contributed by atoms with E-state index in [1.165, 1.54) is 0 Å². The van der Waals surface area contributed by atoms with Crippen LogP contribution in [0.25, 0.3) is 0 Å². The molecule has 1 amide bonds. The Bertz CT molecular complexity index is 646. The molecule has 6 nitrogen and oxygen atoms in total. The van der Waals surface area contributed by atoms with Crippen LogP contribution in [-0.2, 0) is 4.74 Å². The summed E-state index contributed by atoms with van der Waals surface area (Å²) in [5, 5.41) is 13.8. The second-order valence-corrected chi connectivity index (χ2v) is 5.50. The third-order valence-corrected chi connectivity index (χ3v) is 3.81. The van der Waals surface area contributed by atoms with Crippen LogP contribution in [0, 0.1) is 6.92 Å². The number of aryl methyl sites for hydroxylation is 1. The van der Waals surface area contributed by atoms with Crippen molar-refractivity contribution in [1.82, 2.24) is 15.5 Å². The Morgan fingerprint density at radius 2 is 2.09 bits per heavy atom. The Hall–Kier alpha value is -1.99. The molecule has 0 fully saturated rings. The Labute approximate surface area is 137 Å². The van der Waals surface area contributed by atoms with Gasteiger partial charge in [0.15, 0.2) is 11.5 Å². The highest BCUT2D eigenvalue weighted by atomic mass is 79.9. The first-order chi connectivity index (χ1) is 10.6. The van der Waals surface area contributed by atoms with Gasteiger partial charge in [-0.1, -0.05) is 15.9 Å². The van der Waals surface area contributed by atoms with Crippen molar-refractivity contribution >= 4 is 33.3 Å². The lowest BCUT2D eigenvalue weighted by molar-refractivity contribution is 0.0931. The number of nitrogens with one attached hydrogen (secondary N) is 2. The first kappa shape index (κ1) is 16.4. The topological polar surface area (TPSA) is 76.1 Å². The molecule has 0 radical (unpaired) electrons. The molecule has 1 aromatic carbocycles. The van der Waals surface area contributed by atoms with Crippen molar-refractivity contribution in [2.75, 3.05) is 25.6 Å². The molecule has 0 aliphatic heterocycles. The molecule has 1 aromatic heterocycles. The summed E-state index contributed by atoms with van der Waals surface area (Å²) in [6, 6.07) is 9.24. The molecule has 22 heavy (non-hydrogen) atoms. The van der Waals surface area contributed by atoms with Crippen LogP contribution in [0.3, 0.4) is 0 Å². The molecule has 0 saturated heterocycles. The summed E-state index contributed by atoms with van der Waals surface area (Å²) in [4.78, 5) is 11.8. The van der Waals surface area contributed by atoms with Crippen LogP contribution < -0.4 is 10.6 Å². The number of carbonyl (C=O) groups excluding carboxylic acids is 1. The second-order valence-electron chi connectivity index (χ2n) is 4.64. The number of hydrogen-bond donors (Lipinski definition) is 2. The van der Waals surface area contributed by atoms with Crippen molar-refractivity contribution in [3.63, 3.8) is 0 Å². The van der Waals surface area contributed by atoms with Crippen LogP contribution in [0.4, 0.5) is 11.5 Å². The van der Waals surface area contributed by atoms with Gasteiger partial charge in [-0.3, -0.25) is 4.79 Å². The predicted molar refractivity (Wildman–Crippen MR) is 88.4 cm³/mol. The lowest BCUT2D eigenvalue weighted by Crippen LogP contribution is -2.27. The molecule has 0 aliphatic rings. The average Bonchev–Trinajstić information content (AvgIpc) is 2.52. The molecule has 0 atom stereocenters. The number of ether oxygens (including phenoxy) is 1. The van der Waals surface area contributed by atoms with Gasteiger partial charge in [-0.2, -0.15) is 0 Å². The van der Waals surface area contributed by atoms with E-state index in [4.69, 9.17) is 4.74 Å². The molecule has 2 rings (SSSR count). The standard InChI is InChI=1S/C15H17BrN4O2/c1-10-9-11(3-4-12(10)16)18-14-6-5-13(19-20-14)15(21)17-7-8-22-2/h3-6,9H,7-8H2,1-2H3,(H,17,21)(H,18,20). The fourth-order valence-electron chi connectivity index (χ4n) is 1.75. The summed E-state index contributed by atoms with van der Waals surface area (Å²) in [5.41, 5.74) is 2.30. The molecular formula is C15H17BrN4O2. The Balaban J connectivity index is 1.99. The summed E-state index contributed by atoms with van der Waals surface area (Å²) in [7, 11) is 1.58. The van der Waals surface area contributed by atoms with Crippen LogP contribution in [0.5, 0.6) is 0 Å². The lowest BCUT2D eigenvalue weighted by atomic mass is 10.2. The molecule has 2 N–H and O–H groups in total. The minimum atomic E-state index is -0.268. The van der Waals surface area contributed by atoms with Crippen LogP contribution >= 0.6 is 15.9 Å². The Morgan fingerprint density at radius 1 is 1.27 bits per heavy atom. The molecule has 2 aromatic rings. The van der Waals surface area contributed by atoms with E-state index in [0.717, 1.165) is 15.7 Å². The monoisotopic (exact) mass is 364 g/mol. The van der Waals surface area contributed by atoms with Gasteiger partial charge in [-0.15, -0.1) is 10.2 Å². The van der Waals surface area contributed by atoms with E-state index < -0.39 is 0 Å². The SMILES string of the molecule is COCCNC(=O)c1ccc(Nc2ccc(Br)c(C)c2)nn1. The normalized spacial score (nSPS) is 10.3. The number of carbonyl (C=O) groups is 1. The van der Waals surface area contributed by atoms with E-state index in [-0.39, 0.29) is 11.6 Å². The van der Waals surface area contributed by atoms with Gasteiger partial charge in [0.05, 0.1) is 6.61 Å². The van der Waals surface area contributed by atoms with E-state index in [1.807, 2.05) is 25.1 Å². The summed E-state index contributed by atoms with van der Waals surface area (Å²) < 4.78 is 5.92. The van der Waals surface area contributed by atoms with Crippen molar-refractivity contribution in [2.45, 2.75) is 6.92 Å². The minimum Gasteiger partial charge on any atom is -0.383 e. The van der Waals surface area contributed by atoms with E-state index in [2.05, 4.69) is 36.8 Å². The third kappa shape index (κ3) is 4.51. The summed E-state index contributed by atoms with van der Waals surface area (Å²) >= 11 is 3.46. The maximum Gasteiger partial charge on any atom is 0.271 e. The van der Waals surface area contributed by atoms with Crippen molar-refractivity contribution in [1.29, 1.82) is 0 Å². The largest absolute Gasteiger partial charge is 0.383 e. The van der Waals surface area contributed by atoms with Crippen LogP contribution in [0.15, 0.2) is 34.8 Å². The van der Waals surface area contributed by atoms with Gasteiger partial charge in [-0.25, -0.2) is 0 Å². The number of hydrogen-bond acceptors (Lipinski definition) is 5. The molecule has 0 bridgehead atoms. The number of benzene rings is 1. The fourth-order valence-corrected chi connectivity index (χ4v) is 1.99. The highest BCUT2D eigenvalue weighted by Gasteiger charge is 2.07. The smallest absolute Gasteiger partial charge is 0.271 e. The highest BCUT2D eigenvalue weighted by molar-refractivity contribution is 9.10. The molecule has 0 saturated carbocycles. The number of aromatic nitrogens is 2. The molecule has 0 aliphatic carbocycles. The number of methoxy groups -OCH3 is 1. The maximum atomic E-state index is 11.8. The quantitative estimate of drug-likeness (QED) is 0.770. The zero-order chi connectivity index (χ0) is 15.9. The van der Waals surface area contributed by atoms with Crippen molar-refractivity contribution in [3.05, 3.63) is 46.1 Å². The zero-order valence-corrected chi connectivity index (χ0v) is 14.0. The number of rotatable bonds is 6. The number of nitrogens with zero attached hydrogens (tertiary/aromatic N) is 2. The first-order valence-corrected chi connectivity index (χ1v) is 7.53. The van der Waals surface area contributed by atoms with Gasteiger partial charge in [0.25, 0.3) is 5.91 Å². The fraction of sp³-hybridized carbons (Fsp3) is 0.267. The molecule has 7 heteroatoms. The first-order valence-electron chi connectivity index (χ1n) is 6.74. The van der Waals surface area contributed by atoms with E-state index in [9.17, 15) is 4.79 Å². The van der Waals surface area contributed by atoms with Crippen LogP contribution in [0.2, 0.25) is 0 Å². The summed E-state index contributed by atoms with van der Waals surface area (Å²) in [6.07, 6.45) is 0. The van der Waals surface area contributed by atoms with Gasteiger partial charge in [-0.05, 0) is 42.8 Å². The second kappa shape index (κ2) is 7.86. The number of halogens is 1. The van der Waals surface area contributed by atoms with E-state index >= 15 is 0 Å². The Morgan fingerprint density at radius 3 is 2.73 bits per heavy atom. The Kier molecular flexibility index (Phi) is 5.85. The van der Waals surface area contributed by atoms with Crippen LogP contribution in [-0.4, -0.2) is 36.4 Å². The number of anilines is 2. The molecule has 0 unspecified atom stereocenters. The van der Waals surface area contributed by atoms with E-state index in [1.54, 1.807) is 19.2 Å². The third-order valence-electron chi connectivity index (χ3n) is 2.92. The number of amides is 1. The molecule has 1 heterocycles. The molecule has 0 spiro atoms.